The van der Waals surface area contributed by atoms with Gasteiger partial charge in [-0.2, -0.15) is 0 Å². The van der Waals surface area contributed by atoms with Crippen LogP contribution in [-0.4, -0.2) is 46.9 Å². The van der Waals surface area contributed by atoms with E-state index in [1.807, 2.05) is 20.8 Å². The largest absolute Gasteiger partial charge is 0.444 e. The van der Waals surface area contributed by atoms with Crippen LogP contribution in [-0.2, 0) is 4.74 Å². The zero-order chi connectivity index (χ0) is 12.8. The van der Waals surface area contributed by atoms with E-state index in [0.717, 1.165) is 6.42 Å². The number of hydrogen-bond donors (Lipinski definition) is 2. The van der Waals surface area contributed by atoms with Crippen LogP contribution in [0.2, 0.25) is 0 Å². The van der Waals surface area contributed by atoms with Crippen LogP contribution in [0.5, 0.6) is 0 Å². The zero-order valence-corrected chi connectivity index (χ0v) is 10.8. The van der Waals surface area contributed by atoms with Gasteiger partial charge in [-0.15, -0.1) is 0 Å². The molecule has 1 heterocycles. The molecule has 1 saturated carbocycles. The Hall–Kier alpha value is -0.810. The number of ether oxygens (including phenoxy) is 1. The van der Waals surface area contributed by atoms with E-state index in [4.69, 9.17) is 10.5 Å². The van der Waals surface area contributed by atoms with Gasteiger partial charge in [0, 0.05) is 18.4 Å². The lowest BCUT2D eigenvalue weighted by Gasteiger charge is -2.47. The Morgan fingerprint density at radius 2 is 2.24 bits per heavy atom. The Balaban J connectivity index is 1.97. The molecule has 0 spiro atoms. The molecule has 1 saturated heterocycles. The molecule has 98 valence electrons. The van der Waals surface area contributed by atoms with Crippen molar-refractivity contribution in [3.63, 3.8) is 0 Å². The third-order valence-electron chi connectivity index (χ3n) is 3.80. The fourth-order valence-corrected chi connectivity index (χ4v) is 2.82. The third-order valence-corrected chi connectivity index (χ3v) is 3.80. The summed E-state index contributed by atoms with van der Waals surface area (Å²) in [5.74, 6) is 0.295. The van der Waals surface area contributed by atoms with Gasteiger partial charge in [0.1, 0.15) is 5.60 Å². The van der Waals surface area contributed by atoms with Crippen LogP contribution in [0.4, 0.5) is 4.79 Å². The molecule has 2 rings (SSSR count). The summed E-state index contributed by atoms with van der Waals surface area (Å²) in [6.07, 6.45) is 0.572. The molecule has 17 heavy (non-hydrogen) atoms. The summed E-state index contributed by atoms with van der Waals surface area (Å²) >= 11 is 0. The normalized spacial score (nSPS) is 36.4. The molecule has 5 heteroatoms. The number of aliphatic hydroxyl groups is 1. The first kappa shape index (κ1) is 12.6. The summed E-state index contributed by atoms with van der Waals surface area (Å²) < 4.78 is 5.30. The highest BCUT2D eigenvalue weighted by molar-refractivity contribution is 5.69. The molecular weight excluding hydrogens is 220 g/mol. The molecule has 1 aliphatic heterocycles. The number of nitrogens with zero attached hydrogens (tertiary/aromatic N) is 1. The van der Waals surface area contributed by atoms with Gasteiger partial charge in [-0.05, 0) is 33.7 Å². The quantitative estimate of drug-likeness (QED) is 0.704. The van der Waals surface area contributed by atoms with E-state index >= 15 is 0 Å². The van der Waals surface area contributed by atoms with E-state index in [1.165, 1.54) is 0 Å². The van der Waals surface area contributed by atoms with Crippen molar-refractivity contribution in [3.8, 4) is 0 Å². The number of fused-ring (bicyclic) bond motifs is 1. The summed E-state index contributed by atoms with van der Waals surface area (Å²) in [6, 6.07) is 0. The average Bonchev–Trinajstić information content (AvgIpc) is 2.41. The molecule has 0 aromatic heterocycles. The van der Waals surface area contributed by atoms with Gasteiger partial charge in [-0.3, -0.25) is 0 Å². The van der Waals surface area contributed by atoms with Crippen LogP contribution < -0.4 is 5.73 Å². The van der Waals surface area contributed by atoms with Crippen molar-refractivity contribution in [3.05, 3.63) is 0 Å². The van der Waals surface area contributed by atoms with Crippen molar-refractivity contribution < 1.29 is 14.6 Å². The highest BCUT2D eigenvalue weighted by atomic mass is 16.6. The number of nitrogens with two attached hydrogens (primary N) is 1. The molecule has 0 aromatic carbocycles. The maximum atomic E-state index is 11.9. The van der Waals surface area contributed by atoms with Crippen molar-refractivity contribution in [1.29, 1.82) is 0 Å². The number of β-amino-alcohol motifs (C(OH)–C–C–N with tert-alkyl or cyclic N) is 1. The maximum absolute atomic E-state index is 11.9. The van der Waals surface area contributed by atoms with Crippen LogP contribution in [0.25, 0.3) is 0 Å². The van der Waals surface area contributed by atoms with Gasteiger partial charge in [-0.1, -0.05) is 0 Å². The van der Waals surface area contributed by atoms with Gasteiger partial charge < -0.3 is 20.5 Å². The lowest BCUT2D eigenvalue weighted by atomic mass is 9.63. The number of likely N-dealkylation sites (tertiary alicyclic amines) is 1. The monoisotopic (exact) mass is 242 g/mol. The minimum atomic E-state index is -0.772. The molecule has 0 aromatic rings. The van der Waals surface area contributed by atoms with Crippen LogP contribution in [0.15, 0.2) is 0 Å². The molecule has 2 aliphatic rings. The molecule has 3 unspecified atom stereocenters. The SMILES string of the molecule is CC(C)(C)OC(=O)N1CC2CC(CN)C2(O)C1. The van der Waals surface area contributed by atoms with Crippen LogP contribution in [0.3, 0.4) is 0 Å². The fourth-order valence-electron chi connectivity index (χ4n) is 2.82. The van der Waals surface area contributed by atoms with E-state index < -0.39 is 11.2 Å². The second-order valence-electron chi connectivity index (χ2n) is 6.22. The standard InChI is InChI=1S/C12H22N2O3/c1-11(2,3)17-10(15)14-6-9-4-8(5-13)12(9,16)7-14/h8-9,16H,4-7,13H2,1-3H3. The summed E-state index contributed by atoms with van der Waals surface area (Å²) in [4.78, 5) is 13.5. The predicted octanol–water partition coefficient (Wildman–Crippen LogP) is 0.563. The van der Waals surface area contributed by atoms with Crippen LogP contribution >= 0.6 is 0 Å². The Labute approximate surface area is 102 Å². The number of amides is 1. The Kier molecular flexibility index (Phi) is 2.86. The van der Waals surface area contributed by atoms with E-state index in [2.05, 4.69) is 0 Å². The van der Waals surface area contributed by atoms with Gasteiger partial charge in [-0.25, -0.2) is 4.79 Å². The van der Waals surface area contributed by atoms with Gasteiger partial charge in [0.25, 0.3) is 0 Å². The number of rotatable bonds is 1. The maximum Gasteiger partial charge on any atom is 0.410 e. The average molecular weight is 242 g/mol. The Morgan fingerprint density at radius 1 is 1.59 bits per heavy atom. The number of carbonyl (C=O) groups is 1. The number of carbonyl (C=O) groups excluding carboxylic acids is 1. The molecule has 2 fully saturated rings. The summed E-state index contributed by atoms with van der Waals surface area (Å²) in [6.45, 7) is 6.94. The minimum Gasteiger partial charge on any atom is -0.444 e. The first-order chi connectivity index (χ1) is 7.76. The third kappa shape index (κ3) is 2.13. The van der Waals surface area contributed by atoms with Crippen molar-refractivity contribution in [2.45, 2.75) is 38.4 Å². The lowest BCUT2D eigenvalue weighted by Crippen LogP contribution is -2.58. The number of hydrogen-bond acceptors (Lipinski definition) is 4. The summed E-state index contributed by atoms with van der Waals surface area (Å²) in [5.41, 5.74) is 4.34. The molecule has 5 nitrogen and oxygen atoms in total. The van der Waals surface area contributed by atoms with E-state index in [1.54, 1.807) is 4.90 Å². The van der Waals surface area contributed by atoms with Gasteiger partial charge >= 0.3 is 6.09 Å². The smallest absolute Gasteiger partial charge is 0.410 e. The molecule has 0 radical (unpaired) electrons. The first-order valence-electron chi connectivity index (χ1n) is 6.16. The fraction of sp³-hybridized carbons (Fsp3) is 0.917. The topological polar surface area (TPSA) is 75.8 Å². The predicted molar refractivity (Wildman–Crippen MR) is 63.4 cm³/mol. The van der Waals surface area contributed by atoms with Gasteiger partial charge in [0.2, 0.25) is 0 Å². The first-order valence-corrected chi connectivity index (χ1v) is 6.16. The molecule has 3 N–H and O–H groups in total. The second-order valence-corrected chi connectivity index (χ2v) is 6.22. The van der Waals surface area contributed by atoms with Crippen molar-refractivity contribution in [2.75, 3.05) is 19.6 Å². The molecule has 3 atom stereocenters. The van der Waals surface area contributed by atoms with Gasteiger partial charge in [0.15, 0.2) is 0 Å². The summed E-state index contributed by atoms with van der Waals surface area (Å²) in [5, 5.41) is 10.4. The summed E-state index contributed by atoms with van der Waals surface area (Å²) in [7, 11) is 0. The van der Waals surface area contributed by atoms with Crippen molar-refractivity contribution in [1.82, 2.24) is 4.90 Å². The highest BCUT2D eigenvalue weighted by Crippen LogP contribution is 2.48. The van der Waals surface area contributed by atoms with Crippen LogP contribution in [0.1, 0.15) is 27.2 Å². The van der Waals surface area contributed by atoms with Crippen molar-refractivity contribution in [2.24, 2.45) is 17.6 Å². The van der Waals surface area contributed by atoms with Crippen molar-refractivity contribution >= 4 is 6.09 Å². The van der Waals surface area contributed by atoms with Crippen LogP contribution in [0, 0.1) is 11.8 Å². The highest BCUT2D eigenvalue weighted by Gasteiger charge is 2.59. The zero-order valence-electron chi connectivity index (χ0n) is 10.8. The van der Waals surface area contributed by atoms with E-state index in [0.29, 0.717) is 19.6 Å². The van der Waals surface area contributed by atoms with E-state index in [-0.39, 0.29) is 17.9 Å². The second kappa shape index (κ2) is 3.85. The Bertz CT molecular complexity index is 326. The van der Waals surface area contributed by atoms with Gasteiger partial charge in [0.05, 0.1) is 12.1 Å². The lowest BCUT2D eigenvalue weighted by molar-refractivity contribution is -0.115. The molecule has 1 amide bonds. The minimum absolute atomic E-state index is 0.125. The Morgan fingerprint density at radius 3 is 2.76 bits per heavy atom. The molecule has 1 aliphatic carbocycles. The molecular formula is C12H22N2O3. The molecule has 0 bridgehead atoms. The van der Waals surface area contributed by atoms with E-state index in [9.17, 15) is 9.90 Å².